The predicted octanol–water partition coefficient (Wildman–Crippen LogP) is 2.45. The summed E-state index contributed by atoms with van der Waals surface area (Å²) in [5, 5.41) is 8.43. The first-order chi connectivity index (χ1) is 6.69. The summed E-state index contributed by atoms with van der Waals surface area (Å²) in [6.45, 7) is 9.70. The number of aromatic nitrogens is 3. The summed E-state index contributed by atoms with van der Waals surface area (Å²) < 4.78 is 2.03. The zero-order chi connectivity index (χ0) is 10.6. The fraction of sp³-hybridized carbons (Fsp3) is 0.818. The van der Waals surface area contributed by atoms with Crippen molar-refractivity contribution in [3.8, 4) is 0 Å². The van der Waals surface area contributed by atoms with Gasteiger partial charge in [-0.25, -0.2) is 4.68 Å². The zero-order valence-corrected chi connectivity index (χ0v) is 9.75. The van der Waals surface area contributed by atoms with Gasteiger partial charge in [-0.15, -0.1) is 5.10 Å². The van der Waals surface area contributed by atoms with E-state index in [4.69, 9.17) is 0 Å². The highest BCUT2D eigenvalue weighted by Crippen LogP contribution is 2.12. The molecule has 0 fully saturated rings. The highest BCUT2D eigenvalue weighted by Gasteiger charge is 2.11. The maximum Gasteiger partial charge on any atom is 0.0861 e. The van der Waals surface area contributed by atoms with Crippen molar-refractivity contribution in [1.29, 1.82) is 0 Å². The minimum absolute atomic E-state index is 0.660. The largest absolute Gasteiger partial charge is 0.249 e. The van der Waals surface area contributed by atoms with Crippen LogP contribution in [0, 0.1) is 5.92 Å². The normalized spacial score (nSPS) is 11.2. The molecule has 0 amide bonds. The van der Waals surface area contributed by atoms with Gasteiger partial charge in [0.1, 0.15) is 0 Å². The fourth-order valence-corrected chi connectivity index (χ4v) is 1.68. The predicted molar refractivity (Wildman–Crippen MR) is 58.2 cm³/mol. The van der Waals surface area contributed by atoms with Crippen LogP contribution < -0.4 is 0 Å². The van der Waals surface area contributed by atoms with Gasteiger partial charge in [-0.05, 0) is 25.7 Å². The Labute approximate surface area is 86.5 Å². The van der Waals surface area contributed by atoms with E-state index in [0.29, 0.717) is 5.92 Å². The lowest BCUT2D eigenvalue weighted by Gasteiger charge is -2.06. The average molecular weight is 195 g/mol. The molecule has 0 aliphatic rings. The maximum absolute atomic E-state index is 4.26. The molecule has 0 bridgehead atoms. The molecular formula is C11H21N3. The van der Waals surface area contributed by atoms with Crippen molar-refractivity contribution in [3.63, 3.8) is 0 Å². The molecule has 0 N–H and O–H groups in total. The molecule has 14 heavy (non-hydrogen) atoms. The molecule has 1 aromatic rings. The van der Waals surface area contributed by atoms with Crippen molar-refractivity contribution in [2.45, 2.75) is 53.5 Å². The van der Waals surface area contributed by atoms with Crippen molar-refractivity contribution >= 4 is 0 Å². The van der Waals surface area contributed by atoms with Crippen LogP contribution in [-0.4, -0.2) is 15.0 Å². The van der Waals surface area contributed by atoms with Crippen LogP contribution in [0.5, 0.6) is 0 Å². The topological polar surface area (TPSA) is 30.7 Å². The van der Waals surface area contributed by atoms with E-state index in [9.17, 15) is 0 Å². The van der Waals surface area contributed by atoms with Gasteiger partial charge in [0, 0.05) is 6.54 Å². The lowest BCUT2D eigenvalue weighted by molar-refractivity contribution is 0.592. The molecule has 0 atom stereocenters. The quantitative estimate of drug-likeness (QED) is 0.722. The zero-order valence-electron chi connectivity index (χ0n) is 9.75. The molecule has 80 valence electrons. The SMILES string of the molecule is CCCc1c(CC(C)C)nnn1CC. The Bertz CT molecular complexity index is 276. The van der Waals surface area contributed by atoms with Crippen LogP contribution in [0.4, 0.5) is 0 Å². The van der Waals surface area contributed by atoms with Crippen molar-refractivity contribution in [3.05, 3.63) is 11.4 Å². The minimum atomic E-state index is 0.660. The van der Waals surface area contributed by atoms with E-state index in [1.807, 2.05) is 4.68 Å². The lowest BCUT2D eigenvalue weighted by atomic mass is 10.0. The van der Waals surface area contributed by atoms with E-state index >= 15 is 0 Å². The molecule has 1 heterocycles. The third-order valence-electron chi connectivity index (χ3n) is 2.31. The molecule has 0 aromatic carbocycles. The summed E-state index contributed by atoms with van der Waals surface area (Å²) >= 11 is 0. The second kappa shape index (κ2) is 5.13. The van der Waals surface area contributed by atoms with Gasteiger partial charge in [0.2, 0.25) is 0 Å². The molecule has 0 aliphatic carbocycles. The molecule has 0 aliphatic heterocycles. The Morgan fingerprint density at radius 2 is 2.00 bits per heavy atom. The summed E-state index contributed by atoms with van der Waals surface area (Å²) in [6, 6.07) is 0. The van der Waals surface area contributed by atoms with Crippen LogP contribution in [0.15, 0.2) is 0 Å². The standard InChI is InChI=1S/C11H21N3/c1-5-7-11-10(8-9(3)4)12-13-14(11)6-2/h9H,5-8H2,1-4H3. The first kappa shape index (κ1) is 11.2. The van der Waals surface area contributed by atoms with Gasteiger partial charge in [-0.3, -0.25) is 0 Å². The van der Waals surface area contributed by atoms with E-state index in [1.54, 1.807) is 0 Å². The number of rotatable bonds is 5. The molecule has 0 radical (unpaired) electrons. The molecule has 0 unspecified atom stereocenters. The molecule has 0 saturated heterocycles. The van der Waals surface area contributed by atoms with Crippen LogP contribution in [0.25, 0.3) is 0 Å². The highest BCUT2D eigenvalue weighted by molar-refractivity contribution is 5.11. The molecule has 1 aromatic heterocycles. The lowest BCUT2D eigenvalue weighted by Crippen LogP contribution is -2.05. The van der Waals surface area contributed by atoms with Crippen LogP contribution in [0.2, 0.25) is 0 Å². The van der Waals surface area contributed by atoms with Gasteiger partial charge < -0.3 is 0 Å². The van der Waals surface area contributed by atoms with Crippen molar-refractivity contribution < 1.29 is 0 Å². The molecular weight excluding hydrogens is 174 g/mol. The Morgan fingerprint density at radius 3 is 2.50 bits per heavy atom. The summed E-state index contributed by atoms with van der Waals surface area (Å²) in [5.41, 5.74) is 2.53. The van der Waals surface area contributed by atoms with E-state index in [1.165, 1.54) is 17.8 Å². The number of hydrogen-bond acceptors (Lipinski definition) is 2. The van der Waals surface area contributed by atoms with Crippen molar-refractivity contribution in [2.24, 2.45) is 5.92 Å². The van der Waals surface area contributed by atoms with Crippen molar-refractivity contribution in [2.75, 3.05) is 0 Å². The average Bonchev–Trinajstić information content (AvgIpc) is 2.48. The van der Waals surface area contributed by atoms with Gasteiger partial charge in [0.15, 0.2) is 0 Å². The summed E-state index contributed by atoms with van der Waals surface area (Å²) in [6.07, 6.45) is 3.32. The van der Waals surface area contributed by atoms with E-state index in [-0.39, 0.29) is 0 Å². The van der Waals surface area contributed by atoms with Crippen LogP contribution in [0.3, 0.4) is 0 Å². The van der Waals surface area contributed by atoms with E-state index < -0.39 is 0 Å². The first-order valence-electron chi connectivity index (χ1n) is 5.60. The Kier molecular flexibility index (Phi) is 4.11. The molecule has 0 saturated carbocycles. The van der Waals surface area contributed by atoms with Gasteiger partial charge in [0.25, 0.3) is 0 Å². The second-order valence-electron chi connectivity index (χ2n) is 4.15. The smallest absolute Gasteiger partial charge is 0.0861 e. The van der Waals surface area contributed by atoms with Crippen LogP contribution in [0.1, 0.15) is 45.5 Å². The van der Waals surface area contributed by atoms with E-state index in [0.717, 1.165) is 19.4 Å². The Balaban J connectivity index is 2.86. The van der Waals surface area contributed by atoms with Gasteiger partial charge in [0.05, 0.1) is 11.4 Å². The van der Waals surface area contributed by atoms with Gasteiger partial charge in [-0.1, -0.05) is 32.4 Å². The number of hydrogen-bond donors (Lipinski definition) is 0. The third kappa shape index (κ3) is 2.56. The number of nitrogens with zero attached hydrogens (tertiary/aromatic N) is 3. The van der Waals surface area contributed by atoms with Gasteiger partial charge in [-0.2, -0.15) is 0 Å². The van der Waals surface area contributed by atoms with Crippen molar-refractivity contribution in [1.82, 2.24) is 15.0 Å². The Hall–Kier alpha value is -0.860. The monoisotopic (exact) mass is 195 g/mol. The molecule has 3 heteroatoms. The van der Waals surface area contributed by atoms with Crippen LogP contribution >= 0.6 is 0 Å². The second-order valence-corrected chi connectivity index (χ2v) is 4.15. The van der Waals surface area contributed by atoms with E-state index in [2.05, 4.69) is 38.0 Å². The fourth-order valence-electron chi connectivity index (χ4n) is 1.68. The first-order valence-corrected chi connectivity index (χ1v) is 5.60. The molecule has 0 spiro atoms. The molecule has 3 nitrogen and oxygen atoms in total. The number of aryl methyl sites for hydroxylation is 1. The maximum atomic E-state index is 4.26. The third-order valence-corrected chi connectivity index (χ3v) is 2.31. The Morgan fingerprint density at radius 1 is 1.29 bits per heavy atom. The summed E-state index contributed by atoms with van der Waals surface area (Å²) in [4.78, 5) is 0. The summed E-state index contributed by atoms with van der Waals surface area (Å²) in [5.74, 6) is 0.660. The molecule has 1 rings (SSSR count). The summed E-state index contributed by atoms with van der Waals surface area (Å²) in [7, 11) is 0. The van der Waals surface area contributed by atoms with Crippen LogP contribution in [-0.2, 0) is 19.4 Å². The van der Waals surface area contributed by atoms with Gasteiger partial charge >= 0.3 is 0 Å². The highest BCUT2D eigenvalue weighted by atomic mass is 15.4. The minimum Gasteiger partial charge on any atom is -0.249 e.